The standard InChI is InChI=1S/C28H25Cl2NO4/c1-15(2)35-23-11-9-19(13-17(23)4)26(32)24-25(18-8-10-21(29)22(30)14-18)31(28(34)27(24)33)20-7-5-6-16(3)12-20/h5-15,25,32H,1-4H3/b26-24-. The van der Waals surface area contributed by atoms with Crippen molar-refractivity contribution < 1.29 is 19.4 Å². The first-order chi connectivity index (χ1) is 16.6. The average molecular weight is 510 g/mol. The summed E-state index contributed by atoms with van der Waals surface area (Å²) in [7, 11) is 0. The van der Waals surface area contributed by atoms with Crippen LogP contribution in [0.5, 0.6) is 5.75 Å². The molecule has 0 bridgehead atoms. The topological polar surface area (TPSA) is 66.8 Å². The summed E-state index contributed by atoms with van der Waals surface area (Å²) in [6, 6.07) is 16.5. The van der Waals surface area contributed by atoms with Crippen LogP contribution in [0.4, 0.5) is 5.69 Å². The lowest BCUT2D eigenvalue weighted by molar-refractivity contribution is -0.132. The molecule has 1 heterocycles. The van der Waals surface area contributed by atoms with Gasteiger partial charge in [-0.15, -0.1) is 0 Å². The number of aryl methyl sites for hydroxylation is 2. The SMILES string of the molecule is Cc1cccc(N2C(=O)C(=O)/C(=C(\O)c3ccc(OC(C)C)c(C)c3)C2c2ccc(Cl)c(Cl)c2)c1. The van der Waals surface area contributed by atoms with E-state index in [0.29, 0.717) is 27.6 Å². The number of aliphatic hydroxyl groups is 1. The van der Waals surface area contributed by atoms with Crippen LogP contribution >= 0.6 is 23.2 Å². The van der Waals surface area contributed by atoms with Gasteiger partial charge < -0.3 is 9.84 Å². The van der Waals surface area contributed by atoms with E-state index in [4.69, 9.17) is 27.9 Å². The first-order valence-corrected chi connectivity index (χ1v) is 11.9. The molecular formula is C28H25Cl2NO4. The number of halogens is 2. The van der Waals surface area contributed by atoms with Gasteiger partial charge in [-0.3, -0.25) is 14.5 Å². The highest BCUT2D eigenvalue weighted by Gasteiger charge is 2.47. The molecule has 0 aromatic heterocycles. The summed E-state index contributed by atoms with van der Waals surface area (Å²) in [4.78, 5) is 28.0. The Labute approximate surface area is 214 Å². The Morgan fingerprint density at radius 2 is 1.71 bits per heavy atom. The predicted octanol–water partition coefficient (Wildman–Crippen LogP) is 7.02. The van der Waals surface area contributed by atoms with Gasteiger partial charge in [-0.25, -0.2) is 0 Å². The van der Waals surface area contributed by atoms with E-state index in [1.807, 2.05) is 45.9 Å². The van der Waals surface area contributed by atoms with Crippen molar-refractivity contribution in [3.05, 3.63) is 98.5 Å². The van der Waals surface area contributed by atoms with E-state index in [-0.39, 0.29) is 22.5 Å². The highest BCUT2D eigenvalue weighted by molar-refractivity contribution is 6.51. The van der Waals surface area contributed by atoms with E-state index in [9.17, 15) is 14.7 Å². The van der Waals surface area contributed by atoms with Gasteiger partial charge in [-0.2, -0.15) is 0 Å². The van der Waals surface area contributed by atoms with Crippen molar-refractivity contribution in [2.45, 2.75) is 39.8 Å². The summed E-state index contributed by atoms with van der Waals surface area (Å²) in [6.07, 6.45) is -0.0116. The highest BCUT2D eigenvalue weighted by Crippen LogP contribution is 2.43. The summed E-state index contributed by atoms with van der Waals surface area (Å²) in [6.45, 7) is 7.61. The number of nitrogens with zero attached hydrogens (tertiary/aromatic N) is 1. The molecule has 3 aromatic rings. The molecule has 1 atom stereocenters. The average Bonchev–Trinajstić information content (AvgIpc) is 3.07. The first kappa shape index (κ1) is 24.8. The molecule has 5 nitrogen and oxygen atoms in total. The molecule has 0 radical (unpaired) electrons. The zero-order valence-electron chi connectivity index (χ0n) is 19.8. The molecule has 1 saturated heterocycles. The van der Waals surface area contributed by atoms with Crippen LogP contribution < -0.4 is 9.64 Å². The van der Waals surface area contributed by atoms with Crippen molar-refractivity contribution in [1.82, 2.24) is 0 Å². The van der Waals surface area contributed by atoms with E-state index in [2.05, 4.69) is 0 Å². The molecule has 0 aliphatic carbocycles. The zero-order chi connectivity index (χ0) is 25.4. The molecule has 3 aromatic carbocycles. The summed E-state index contributed by atoms with van der Waals surface area (Å²) in [5.74, 6) is -1.10. The maximum absolute atomic E-state index is 13.3. The first-order valence-electron chi connectivity index (χ1n) is 11.2. The van der Waals surface area contributed by atoms with Crippen LogP contribution in [0.3, 0.4) is 0 Å². The zero-order valence-corrected chi connectivity index (χ0v) is 21.3. The second-order valence-electron chi connectivity index (χ2n) is 8.83. The molecule has 1 aliphatic heterocycles. The monoisotopic (exact) mass is 509 g/mol. The van der Waals surface area contributed by atoms with E-state index >= 15 is 0 Å². The number of ketones is 1. The van der Waals surface area contributed by atoms with Crippen LogP contribution in [0.1, 0.15) is 42.1 Å². The summed E-state index contributed by atoms with van der Waals surface area (Å²) >= 11 is 12.4. The van der Waals surface area contributed by atoms with Crippen LogP contribution in [0.15, 0.2) is 66.2 Å². The molecule has 1 fully saturated rings. The summed E-state index contributed by atoms with van der Waals surface area (Å²) in [5.41, 5.74) is 3.20. The van der Waals surface area contributed by atoms with Crippen LogP contribution in [0.25, 0.3) is 5.76 Å². The van der Waals surface area contributed by atoms with E-state index in [1.54, 1.807) is 42.5 Å². The highest BCUT2D eigenvalue weighted by atomic mass is 35.5. The molecule has 0 saturated carbocycles. The van der Waals surface area contributed by atoms with Crippen LogP contribution in [0.2, 0.25) is 10.0 Å². The summed E-state index contributed by atoms with van der Waals surface area (Å²) in [5, 5.41) is 12.0. The number of rotatable bonds is 5. The third-order valence-electron chi connectivity index (χ3n) is 5.79. The second-order valence-corrected chi connectivity index (χ2v) is 9.64. The fourth-order valence-corrected chi connectivity index (χ4v) is 4.52. The second kappa shape index (κ2) is 9.76. The van der Waals surface area contributed by atoms with Gasteiger partial charge >= 0.3 is 0 Å². The van der Waals surface area contributed by atoms with Gasteiger partial charge in [-0.05, 0) is 86.8 Å². The minimum absolute atomic E-state index is 0.0116. The Balaban J connectivity index is 1.92. The largest absolute Gasteiger partial charge is 0.507 e. The third kappa shape index (κ3) is 4.79. The quantitative estimate of drug-likeness (QED) is 0.228. The van der Waals surface area contributed by atoms with Crippen LogP contribution in [-0.2, 0) is 9.59 Å². The van der Waals surface area contributed by atoms with Gasteiger partial charge in [0.2, 0.25) is 0 Å². The molecule has 1 aliphatic rings. The maximum atomic E-state index is 13.3. The Hall–Kier alpha value is -3.28. The number of ether oxygens (including phenoxy) is 1. The number of hydrogen-bond donors (Lipinski definition) is 1. The predicted molar refractivity (Wildman–Crippen MR) is 139 cm³/mol. The fourth-order valence-electron chi connectivity index (χ4n) is 4.21. The minimum atomic E-state index is -0.890. The number of carbonyl (C=O) groups excluding carboxylic acids is 2. The van der Waals surface area contributed by atoms with Crippen molar-refractivity contribution in [2.24, 2.45) is 0 Å². The normalized spacial score (nSPS) is 17.3. The Kier molecular flexibility index (Phi) is 6.93. The van der Waals surface area contributed by atoms with E-state index in [0.717, 1.165) is 11.1 Å². The van der Waals surface area contributed by atoms with Crippen molar-refractivity contribution in [3.63, 3.8) is 0 Å². The number of anilines is 1. The van der Waals surface area contributed by atoms with Gasteiger partial charge in [0.15, 0.2) is 0 Å². The minimum Gasteiger partial charge on any atom is -0.507 e. The van der Waals surface area contributed by atoms with Crippen LogP contribution in [0, 0.1) is 13.8 Å². The Morgan fingerprint density at radius 1 is 0.971 bits per heavy atom. The van der Waals surface area contributed by atoms with Crippen molar-refractivity contribution in [1.29, 1.82) is 0 Å². The molecule has 180 valence electrons. The third-order valence-corrected chi connectivity index (χ3v) is 6.53. The van der Waals surface area contributed by atoms with E-state index < -0.39 is 17.7 Å². The lowest BCUT2D eigenvalue weighted by Gasteiger charge is -2.26. The van der Waals surface area contributed by atoms with Crippen molar-refractivity contribution in [3.8, 4) is 5.75 Å². The lowest BCUT2D eigenvalue weighted by Crippen LogP contribution is -2.29. The fraction of sp³-hybridized carbons (Fsp3) is 0.214. The number of amides is 1. The lowest BCUT2D eigenvalue weighted by atomic mass is 9.94. The van der Waals surface area contributed by atoms with Gasteiger partial charge in [0.05, 0.1) is 27.8 Å². The smallest absolute Gasteiger partial charge is 0.300 e. The number of Topliss-reactive ketones (excluding diaryl/α,β-unsaturated/α-hetero) is 1. The molecule has 35 heavy (non-hydrogen) atoms. The molecule has 7 heteroatoms. The number of hydrogen-bond acceptors (Lipinski definition) is 4. The van der Waals surface area contributed by atoms with Crippen molar-refractivity contribution in [2.75, 3.05) is 4.90 Å². The molecule has 0 spiro atoms. The molecular weight excluding hydrogens is 485 g/mol. The maximum Gasteiger partial charge on any atom is 0.300 e. The van der Waals surface area contributed by atoms with Gasteiger partial charge in [0.25, 0.3) is 11.7 Å². The van der Waals surface area contributed by atoms with E-state index in [1.165, 1.54) is 4.90 Å². The van der Waals surface area contributed by atoms with Gasteiger partial charge in [-0.1, -0.05) is 41.4 Å². The Bertz CT molecular complexity index is 1360. The number of carbonyl (C=O) groups is 2. The number of aliphatic hydroxyl groups excluding tert-OH is 1. The van der Waals surface area contributed by atoms with Crippen molar-refractivity contribution >= 4 is 46.3 Å². The van der Waals surface area contributed by atoms with Gasteiger partial charge in [0.1, 0.15) is 11.5 Å². The Morgan fingerprint density at radius 3 is 2.34 bits per heavy atom. The molecule has 1 N–H and O–H groups in total. The summed E-state index contributed by atoms with van der Waals surface area (Å²) < 4.78 is 5.79. The molecule has 1 amide bonds. The molecule has 4 rings (SSSR count). The number of benzene rings is 3. The van der Waals surface area contributed by atoms with Crippen LogP contribution in [-0.4, -0.2) is 22.9 Å². The van der Waals surface area contributed by atoms with Gasteiger partial charge in [0, 0.05) is 11.3 Å². The molecule has 1 unspecified atom stereocenters.